The number of rotatable bonds is 8. The van der Waals surface area contributed by atoms with Gasteiger partial charge in [-0.15, -0.1) is 0 Å². The van der Waals surface area contributed by atoms with E-state index in [-0.39, 0.29) is 23.0 Å². The Bertz CT molecular complexity index is 666. The van der Waals surface area contributed by atoms with Crippen LogP contribution in [-0.4, -0.2) is 17.3 Å². The van der Waals surface area contributed by atoms with Gasteiger partial charge in [-0.05, 0) is 43.4 Å². The van der Waals surface area contributed by atoms with Crippen molar-refractivity contribution in [2.45, 2.75) is 44.5 Å². The van der Waals surface area contributed by atoms with E-state index in [2.05, 4.69) is 16.0 Å². The number of anilines is 2. The summed E-state index contributed by atoms with van der Waals surface area (Å²) in [6.07, 6.45) is 2.87. The van der Waals surface area contributed by atoms with E-state index in [4.69, 9.17) is 5.73 Å². The van der Waals surface area contributed by atoms with Gasteiger partial charge in [-0.1, -0.05) is 18.2 Å². The first-order valence-electron chi connectivity index (χ1n) is 8.17. The first kappa shape index (κ1) is 19.1. The molecule has 0 saturated carbocycles. The Kier molecular flexibility index (Phi) is 7.12. The second kappa shape index (κ2) is 9.31. The predicted octanol–water partition coefficient (Wildman–Crippen LogP) is 2.89. The minimum absolute atomic E-state index is 0.00918. The van der Waals surface area contributed by atoms with Crippen LogP contribution in [0.5, 0.6) is 0 Å². The fraction of sp³-hybridized carbons (Fsp3) is 0.412. The number of nitrogens with one attached hydrogen (secondary N) is 3. The van der Waals surface area contributed by atoms with Crippen molar-refractivity contribution in [3.63, 3.8) is 0 Å². The molecule has 2 rings (SSSR count). The van der Waals surface area contributed by atoms with Gasteiger partial charge < -0.3 is 21.7 Å². The maximum atomic E-state index is 13.1. The monoisotopic (exact) mass is 366 g/mol. The van der Waals surface area contributed by atoms with Gasteiger partial charge in [-0.2, -0.15) is 0 Å². The number of halogens is 1. The number of benzene rings is 1. The lowest BCUT2D eigenvalue weighted by molar-refractivity contribution is -0.121. The molecule has 0 aromatic heterocycles. The van der Waals surface area contributed by atoms with Crippen molar-refractivity contribution in [1.82, 2.24) is 10.6 Å². The third-order valence-electron chi connectivity index (χ3n) is 3.63. The number of amides is 2. The number of hydrogen-bond donors (Lipinski definition) is 4. The molecular weight excluding hydrogens is 343 g/mol. The lowest BCUT2D eigenvalue weighted by Crippen LogP contribution is -2.39. The van der Waals surface area contributed by atoms with Gasteiger partial charge in [0, 0.05) is 18.5 Å². The molecular formula is C17H23FN4O2S. The first-order chi connectivity index (χ1) is 11.9. The van der Waals surface area contributed by atoms with E-state index in [0.717, 1.165) is 12.1 Å². The maximum Gasteiger partial charge on any atom is 0.224 e. The molecule has 0 radical (unpaired) electrons. The first-order valence-corrected chi connectivity index (χ1v) is 9.11. The van der Waals surface area contributed by atoms with Crippen molar-refractivity contribution in [3.05, 3.63) is 35.1 Å². The zero-order chi connectivity index (χ0) is 18.2. The van der Waals surface area contributed by atoms with Gasteiger partial charge in [0.15, 0.2) is 5.50 Å². The zero-order valence-electron chi connectivity index (χ0n) is 14.1. The van der Waals surface area contributed by atoms with Crippen LogP contribution < -0.4 is 21.7 Å². The van der Waals surface area contributed by atoms with Gasteiger partial charge in [-0.25, -0.2) is 4.39 Å². The zero-order valence-corrected chi connectivity index (χ0v) is 14.9. The summed E-state index contributed by atoms with van der Waals surface area (Å²) < 4.78 is 13.1. The van der Waals surface area contributed by atoms with Crippen LogP contribution in [0.4, 0.5) is 15.8 Å². The minimum Gasteiger partial charge on any atom is -0.397 e. The SMILES string of the molecule is CC1=CSC(NC(=O)CCCCCC(=O)Nc2cc(F)ccc2N)N1. The van der Waals surface area contributed by atoms with Gasteiger partial charge in [0.1, 0.15) is 5.82 Å². The van der Waals surface area contributed by atoms with Gasteiger partial charge >= 0.3 is 0 Å². The van der Waals surface area contributed by atoms with E-state index in [1.54, 1.807) is 0 Å². The summed E-state index contributed by atoms with van der Waals surface area (Å²) in [5, 5.41) is 10.6. The summed E-state index contributed by atoms with van der Waals surface area (Å²) in [6, 6.07) is 3.86. The highest BCUT2D eigenvalue weighted by atomic mass is 32.2. The number of unbranched alkanes of at least 4 members (excludes halogenated alkanes) is 2. The fourth-order valence-corrected chi connectivity index (χ4v) is 3.19. The summed E-state index contributed by atoms with van der Waals surface area (Å²) in [5.74, 6) is -0.671. The van der Waals surface area contributed by atoms with Crippen molar-refractivity contribution in [3.8, 4) is 0 Å². The van der Waals surface area contributed by atoms with Crippen LogP contribution in [0.15, 0.2) is 29.3 Å². The Morgan fingerprint density at radius 2 is 1.96 bits per heavy atom. The van der Waals surface area contributed by atoms with Gasteiger partial charge in [0.25, 0.3) is 0 Å². The van der Waals surface area contributed by atoms with Crippen LogP contribution in [0, 0.1) is 5.82 Å². The number of hydrogen-bond acceptors (Lipinski definition) is 5. The molecule has 0 aliphatic carbocycles. The molecule has 5 N–H and O–H groups in total. The quantitative estimate of drug-likeness (QED) is 0.419. The average molecular weight is 366 g/mol. The van der Waals surface area contributed by atoms with Crippen LogP contribution in [0.3, 0.4) is 0 Å². The highest BCUT2D eigenvalue weighted by Gasteiger charge is 2.15. The normalized spacial score (nSPS) is 16.1. The number of nitrogens with two attached hydrogens (primary N) is 1. The molecule has 0 fully saturated rings. The average Bonchev–Trinajstić information content (AvgIpc) is 2.95. The molecule has 1 aliphatic rings. The van der Waals surface area contributed by atoms with Crippen LogP contribution in [0.25, 0.3) is 0 Å². The van der Waals surface area contributed by atoms with Crippen molar-refractivity contribution in [2.75, 3.05) is 11.1 Å². The molecule has 1 aliphatic heterocycles. The molecule has 0 saturated heterocycles. The Morgan fingerprint density at radius 1 is 1.24 bits per heavy atom. The highest BCUT2D eigenvalue weighted by molar-refractivity contribution is 8.02. The fourth-order valence-electron chi connectivity index (χ4n) is 2.33. The van der Waals surface area contributed by atoms with E-state index in [9.17, 15) is 14.0 Å². The third-order valence-corrected chi connectivity index (χ3v) is 4.63. The second-order valence-corrected chi connectivity index (χ2v) is 6.85. The van der Waals surface area contributed by atoms with E-state index in [0.29, 0.717) is 31.4 Å². The Balaban J connectivity index is 1.57. The summed E-state index contributed by atoms with van der Waals surface area (Å²) in [6.45, 7) is 1.95. The molecule has 0 spiro atoms. The van der Waals surface area contributed by atoms with Crippen LogP contribution in [0.2, 0.25) is 0 Å². The van der Waals surface area contributed by atoms with Crippen molar-refractivity contribution >= 4 is 35.0 Å². The lowest BCUT2D eigenvalue weighted by atomic mass is 10.1. The molecule has 1 unspecified atom stereocenters. The molecule has 1 atom stereocenters. The van der Waals surface area contributed by atoms with E-state index >= 15 is 0 Å². The summed E-state index contributed by atoms with van der Waals surface area (Å²) >= 11 is 1.53. The van der Waals surface area contributed by atoms with Crippen molar-refractivity contribution in [2.24, 2.45) is 0 Å². The molecule has 136 valence electrons. The highest BCUT2D eigenvalue weighted by Crippen LogP contribution is 2.20. The molecule has 6 nitrogen and oxygen atoms in total. The van der Waals surface area contributed by atoms with Crippen LogP contribution in [0.1, 0.15) is 39.0 Å². The number of thioether (sulfide) groups is 1. The van der Waals surface area contributed by atoms with Crippen LogP contribution >= 0.6 is 11.8 Å². The van der Waals surface area contributed by atoms with Gasteiger partial charge in [0.2, 0.25) is 11.8 Å². The smallest absolute Gasteiger partial charge is 0.224 e. The van der Waals surface area contributed by atoms with Crippen molar-refractivity contribution in [1.29, 1.82) is 0 Å². The van der Waals surface area contributed by atoms with Crippen molar-refractivity contribution < 1.29 is 14.0 Å². The van der Waals surface area contributed by atoms with Crippen LogP contribution in [-0.2, 0) is 9.59 Å². The molecule has 8 heteroatoms. The predicted molar refractivity (Wildman–Crippen MR) is 98.9 cm³/mol. The largest absolute Gasteiger partial charge is 0.397 e. The second-order valence-electron chi connectivity index (χ2n) is 5.87. The molecule has 1 heterocycles. The molecule has 1 aromatic carbocycles. The van der Waals surface area contributed by atoms with E-state index in [1.165, 1.54) is 30.0 Å². The summed E-state index contributed by atoms with van der Waals surface area (Å²) in [5.41, 5.74) is 7.26. The molecule has 1 aromatic rings. The Labute approximate surface area is 150 Å². The number of allylic oxidation sites excluding steroid dienone is 1. The Hall–Kier alpha value is -2.22. The number of nitrogen functional groups attached to an aromatic ring is 1. The van der Waals surface area contributed by atoms with E-state index < -0.39 is 5.82 Å². The maximum absolute atomic E-state index is 13.1. The molecule has 2 amide bonds. The minimum atomic E-state index is -0.448. The molecule has 0 bridgehead atoms. The van der Waals surface area contributed by atoms with Gasteiger partial charge in [0.05, 0.1) is 11.4 Å². The summed E-state index contributed by atoms with van der Waals surface area (Å²) in [7, 11) is 0. The standard InChI is InChI=1S/C17H23FN4O2S/c1-11-10-25-17(20-11)22-16(24)6-4-2-3-5-15(23)21-14-9-12(18)7-8-13(14)19/h7-10,17,20H,2-6,19H2,1H3,(H,21,23)(H,22,24). The topological polar surface area (TPSA) is 96.2 Å². The third kappa shape index (κ3) is 6.66. The molecule has 25 heavy (non-hydrogen) atoms. The lowest BCUT2D eigenvalue weighted by Gasteiger charge is -2.13. The number of carbonyl (C=O) groups is 2. The summed E-state index contributed by atoms with van der Waals surface area (Å²) in [4.78, 5) is 23.6. The number of carbonyl (C=O) groups excluding carboxylic acids is 2. The van der Waals surface area contributed by atoms with Gasteiger partial charge in [-0.3, -0.25) is 9.59 Å². The Morgan fingerprint density at radius 3 is 2.64 bits per heavy atom. The van der Waals surface area contributed by atoms with E-state index in [1.807, 2.05) is 12.3 Å².